The molecule has 0 radical (unpaired) electrons. The van der Waals surface area contributed by atoms with E-state index in [2.05, 4.69) is 44.9 Å². The van der Waals surface area contributed by atoms with Crippen LogP contribution in [-0.2, 0) is 0 Å². The van der Waals surface area contributed by atoms with Gasteiger partial charge in [0, 0.05) is 30.9 Å². The predicted octanol–water partition coefficient (Wildman–Crippen LogP) is 6.93. The molecule has 0 saturated carbocycles. The van der Waals surface area contributed by atoms with Crippen molar-refractivity contribution in [2.45, 2.75) is 13.8 Å². The van der Waals surface area contributed by atoms with Gasteiger partial charge in [-0.2, -0.15) is 0 Å². The Morgan fingerprint density at radius 1 is 1.12 bits per heavy atom. The van der Waals surface area contributed by atoms with Gasteiger partial charge in [-0.15, -0.1) is 10.2 Å². The molecule has 0 N–H and O–H groups in total. The summed E-state index contributed by atoms with van der Waals surface area (Å²) in [5, 5.41) is 19.6. The summed E-state index contributed by atoms with van der Waals surface area (Å²) in [5.41, 5.74) is 1.66. The molecule has 0 spiro atoms. The number of nitro groups is 1. The minimum Gasteiger partial charge on any atom is -0.372 e. The fourth-order valence-electron chi connectivity index (χ4n) is 2.22. The van der Waals surface area contributed by atoms with Crippen LogP contribution in [0, 0.1) is 10.1 Å². The van der Waals surface area contributed by atoms with E-state index in [0.29, 0.717) is 20.9 Å². The Kier molecular flexibility index (Phi) is 6.75. The van der Waals surface area contributed by atoms with E-state index in [1.54, 1.807) is 6.07 Å². The average Bonchev–Trinajstić information content (AvgIpc) is 2.56. The van der Waals surface area contributed by atoms with Gasteiger partial charge in [-0.25, -0.2) is 0 Å². The molecule has 0 heterocycles. The number of anilines is 1. The van der Waals surface area contributed by atoms with Crippen LogP contribution in [0.2, 0.25) is 10.0 Å². The number of nitro benzene ring substituents is 1. The molecule has 2 aromatic rings. The van der Waals surface area contributed by atoms with Crippen LogP contribution in [0.4, 0.5) is 22.7 Å². The molecule has 0 bridgehead atoms. The first-order valence-electron chi connectivity index (χ1n) is 7.47. The number of hydrogen-bond donors (Lipinski definition) is 0. The van der Waals surface area contributed by atoms with Crippen molar-refractivity contribution in [1.82, 2.24) is 0 Å². The largest absolute Gasteiger partial charge is 0.372 e. The van der Waals surface area contributed by atoms with Crippen molar-refractivity contribution in [3.63, 3.8) is 0 Å². The van der Waals surface area contributed by atoms with E-state index < -0.39 is 4.92 Å². The lowest BCUT2D eigenvalue weighted by Gasteiger charge is -2.21. The van der Waals surface area contributed by atoms with Crippen molar-refractivity contribution in [2.24, 2.45) is 10.2 Å². The average molecular weight is 446 g/mol. The van der Waals surface area contributed by atoms with E-state index in [-0.39, 0.29) is 10.7 Å². The molecule has 0 atom stereocenters. The molecule has 0 aliphatic heterocycles. The van der Waals surface area contributed by atoms with Gasteiger partial charge in [0.15, 0.2) is 0 Å². The van der Waals surface area contributed by atoms with Crippen LogP contribution in [0.5, 0.6) is 0 Å². The normalized spacial score (nSPS) is 11.1. The Balaban J connectivity index is 2.32. The number of nitrogens with zero attached hydrogens (tertiary/aromatic N) is 4. The third-order valence-corrected chi connectivity index (χ3v) is 4.73. The molecule has 25 heavy (non-hydrogen) atoms. The zero-order chi connectivity index (χ0) is 18.6. The standard InChI is InChI=1S/C16H15BrCl2N4O2/c1-3-22(4-2)10-5-6-15(13(18)8-10)20-21-16-12(17)7-11(23(24)25)9-14(16)19/h5-9H,3-4H2,1-2H3. The van der Waals surface area contributed by atoms with Crippen LogP contribution in [-0.4, -0.2) is 18.0 Å². The van der Waals surface area contributed by atoms with Crippen molar-refractivity contribution in [1.29, 1.82) is 0 Å². The van der Waals surface area contributed by atoms with Crippen LogP contribution in [0.15, 0.2) is 45.0 Å². The molecule has 0 unspecified atom stereocenters. The van der Waals surface area contributed by atoms with Crippen molar-refractivity contribution in [3.05, 3.63) is 55.0 Å². The molecule has 0 fully saturated rings. The maximum absolute atomic E-state index is 10.8. The highest BCUT2D eigenvalue weighted by Gasteiger charge is 2.14. The van der Waals surface area contributed by atoms with Crippen LogP contribution in [0.3, 0.4) is 0 Å². The number of azo groups is 1. The van der Waals surface area contributed by atoms with Crippen LogP contribution >= 0.6 is 39.1 Å². The molecular weight excluding hydrogens is 431 g/mol. The van der Waals surface area contributed by atoms with Gasteiger partial charge >= 0.3 is 0 Å². The summed E-state index contributed by atoms with van der Waals surface area (Å²) in [6.45, 7) is 5.89. The van der Waals surface area contributed by atoms with Gasteiger partial charge in [0.05, 0.1) is 19.4 Å². The van der Waals surface area contributed by atoms with Gasteiger partial charge in [-0.3, -0.25) is 10.1 Å². The molecule has 9 heteroatoms. The molecule has 0 aromatic heterocycles. The topological polar surface area (TPSA) is 71.1 Å². The lowest BCUT2D eigenvalue weighted by molar-refractivity contribution is -0.384. The Morgan fingerprint density at radius 2 is 1.80 bits per heavy atom. The lowest BCUT2D eigenvalue weighted by Crippen LogP contribution is -2.21. The summed E-state index contributed by atoms with van der Waals surface area (Å²) in [6, 6.07) is 8.07. The molecule has 0 saturated heterocycles. The highest BCUT2D eigenvalue weighted by Crippen LogP contribution is 2.39. The van der Waals surface area contributed by atoms with Crippen molar-refractivity contribution in [3.8, 4) is 0 Å². The van der Waals surface area contributed by atoms with E-state index in [1.165, 1.54) is 12.1 Å². The summed E-state index contributed by atoms with van der Waals surface area (Å²) in [7, 11) is 0. The quantitative estimate of drug-likeness (QED) is 0.275. The SMILES string of the molecule is CCN(CC)c1ccc(N=Nc2c(Cl)cc([N+](=O)[O-])cc2Br)c(Cl)c1. The number of halogens is 3. The maximum atomic E-state index is 10.8. The summed E-state index contributed by atoms with van der Waals surface area (Å²) >= 11 is 15.6. The molecule has 0 amide bonds. The zero-order valence-corrected chi connectivity index (χ0v) is 16.6. The summed E-state index contributed by atoms with van der Waals surface area (Å²) in [5.74, 6) is 0. The minimum absolute atomic E-state index is 0.126. The molecular formula is C16H15BrCl2N4O2. The van der Waals surface area contributed by atoms with Crippen molar-refractivity contribution < 1.29 is 4.92 Å². The molecule has 6 nitrogen and oxygen atoms in total. The van der Waals surface area contributed by atoms with Gasteiger partial charge in [-0.1, -0.05) is 23.2 Å². The molecule has 2 rings (SSSR count). The smallest absolute Gasteiger partial charge is 0.272 e. The molecule has 0 aliphatic rings. The second-order valence-corrected chi connectivity index (χ2v) is 6.69. The van der Waals surface area contributed by atoms with E-state index in [0.717, 1.165) is 18.8 Å². The van der Waals surface area contributed by atoms with Gasteiger partial charge < -0.3 is 4.90 Å². The first kappa shape index (κ1) is 19.6. The van der Waals surface area contributed by atoms with Crippen LogP contribution in [0.25, 0.3) is 0 Å². The van der Waals surface area contributed by atoms with Gasteiger partial charge in [0.25, 0.3) is 5.69 Å². The van der Waals surface area contributed by atoms with Gasteiger partial charge in [-0.05, 0) is 48.0 Å². The zero-order valence-electron chi connectivity index (χ0n) is 13.5. The van der Waals surface area contributed by atoms with Crippen LogP contribution in [0.1, 0.15) is 13.8 Å². The summed E-state index contributed by atoms with van der Waals surface area (Å²) < 4.78 is 0.381. The first-order chi connectivity index (χ1) is 11.9. The lowest BCUT2D eigenvalue weighted by atomic mass is 10.2. The predicted molar refractivity (Wildman–Crippen MR) is 105 cm³/mol. The highest BCUT2D eigenvalue weighted by atomic mass is 79.9. The monoisotopic (exact) mass is 444 g/mol. The third kappa shape index (κ3) is 4.68. The van der Waals surface area contributed by atoms with Crippen LogP contribution < -0.4 is 4.90 Å². The Hall–Kier alpha value is -1.70. The molecule has 2 aromatic carbocycles. The van der Waals surface area contributed by atoms with E-state index in [1.807, 2.05) is 12.1 Å². The number of hydrogen-bond acceptors (Lipinski definition) is 5. The molecule has 0 aliphatic carbocycles. The van der Waals surface area contributed by atoms with Crippen molar-refractivity contribution in [2.75, 3.05) is 18.0 Å². The first-order valence-corrected chi connectivity index (χ1v) is 9.01. The fraction of sp³-hybridized carbons (Fsp3) is 0.250. The van der Waals surface area contributed by atoms with E-state index >= 15 is 0 Å². The summed E-state index contributed by atoms with van der Waals surface area (Å²) in [4.78, 5) is 12.5. The Labute approximate surface area is 163 Å². The molecule has 132 valence electrons. The second kappa shape index (κ2) is 8.60. The fourth-order valence-corrected chi connectivity index (χ4v) is 3.32. The minimum atomic E-state index is -0.527. The van der Waals surface area contributed by atoms with E-state index in [4.69, 9.17) is 23.2 Å². The van der Waals surface area contributed by atoms with Gasteiger partial charge in [0.1, 0.15) is 11.4 Å². The number of rotatable bonds is 6. The maximum Gasteiger partial charge on any atom is 0.272 e. The van der Waals surface area contributed by atoms with Gasteiger partial charge in [0.2, 0.25) is 0 Å². The number of benzene rings is 2. The second-order valence-electron chi connectivity index (χ2n) is 5.02. The highest BCUT2D eigenvalue weighted by molar-refractivity contribution is 9.10. The van der Waals surface area contributed by atoms with Crippen molar-refractivity contribution >= 4 is 61.9 Å². The van der Waals surface area contributed by atoms with E-state index in [9.17, 15) is 10.1 Å². The number of non-ortho nitro benzene ring substituents is 1. The summed E-state index contributed by atoms with van der Waals surface area (Å²) in [6.07, 6.45) is 0. The Bertz CT molecular complexity index is 803. The Morgan fingerprint density at radius 3 is 2.32 bits per heavy atom. The third-order valence-electron chi connectivity index (χ3n) is 3.53.